The number of rotatable bonds is 2. The molecule has 0 spiro atoms. The largest absolute Gasteiger partial charge is 0.289 e. The van der Waals surface area contributed by atoms with Crippen LogP contribution in [0, 0.1) is 0 Å². The molecule has 0 bridgehead atoms. The Morgan fingerprint density at radius 2 is 2.00 bits per heavy atom. The van der Waals surface area contributed by atoms with Gasteiger partial charge in [-0.05, 0) is 22.0 Å². The quantitative estimate of drug-likeness (QED) is 0.844. The van der Waals surface area contributed by atoms with E-state index in [1.54, 1.807) is 0 Å². The maximum atomic E-state index is 11.6. The molecule has 0 aliphatic rings. The topological polar surface area (TPSA) is 101 Å². The number of aromatic amines is 1. The summed E-state index contributed by atoms with van der Waals surface area (Å²) in [6.45, 7) is 0. The van der Waals surface area contributed by atoms with Crippen molar-refractivity contribution in [1.29, 1.82) is 0 Å². The molecule has 0 fully saturated rings. The molecule has 2 heterocycles. The molecule has 2 N–H and O–H groups in total. The van der Waals surface area contributed by atoms with Gasteiger partial charge in [-0.1, -0.05) is 0 Å². The molecule has 2 aromatic heterocycles. The van der Waals surface area contributed by atoms with Crippen LogP contribution in [0.2, 0.25) is 0 Å². The highest BCUT2D eigenvalue weighted by molar-refractivity contribution is 9.10. The van der Waals surface area contributed by atoms with Crippen molar-refractivity contribution in [3.05, 3.63) is 45.0 Å². The molecule has 17 heavy (non-hydrogen) atoms. The second-order valence-electron chi connectivity index (χ2n) is 2.99. The van der Waals surface area contributed by atoms with Gasteiger partial charge in [-0.2, -0.15) is 5.10 Å². The number of nitrogens with zero attached hydrogens (tertiary/aromatic N) is 3. The van der Waals surface area contributed by atoms with Gasteiger partial charge in [0.25, 0.3) is 11.5 Å². The Labute approximate surface area is 103 Å². The van der Waals surface area contributed by atoms with Crippen molar-refractivity contribution >= 4 is 27.8 Å². The summed E-state index contributed by atoms with van der Waals surface area (Å²) in [5, 5.41) is 8.18. The van der Waals surface area contributed by atoms with E-state index in [1.807, 2.05) is 0 Å². The number of halogens is 1. The van der Waals surface area contributed by atoms with E-state index in [0.717, 1.165) is 0 Å². The number of H-pyrrole nitrogens is 1. The van der Waals surface area contributed by atoms with E-state index < -0.39 is 5.91 Å². The molecule has 0 unspecified atom stereocenters. The van der Waals surface area contributed by atoms with Crippen LogP contribution < -0.4 is 10.9 Å². The average Bonchev–Trinajstić information content (AvgIpc) is 2.33. The second kappa shape index (κ2) is 4.83. The van der Waals surface area contributed by atoms with Gasteiger partial charge in [0.2, 0.25) is 5.95 Å². The summed E-state index contributed by atoms with van der Waals surface area (Å²) >= 11 is 3.17. The number of anilines is 1. The van der Waals surface area contributed by atoms with E-state index in [1.165, 1.54) is 24.5 Å². The molecule has 2 rings (SSSR count). The maximum absolute atomic E-state index is 11.6. The molecule has 86 valence electrons. The van der Waals surface area contributed by atoms with Crippen molar-refractivity contribution in [2.24, 2.45) is 0 Å². The lowest BCUT2D eigenvalue weighted by atomic mass is 10.4. The lowest BCUT2D eigenvalue weighted by Crippen LogP contribution is -2.18. The van der Waals surface area contributed by atoms with Crippen LogP contribution in [0.1, 0.15) is 10.5 Å². The first-order valence-electron chi connectivity index (χ1n) is 4.50. The van der Waals surface area contributed by atoms with Crippen LogP contribution in [0.25, 0.3) is 0 Å². The van der Waals surface area contributed by atoms with Gasteiger partial charge in [0, 0.05) is 18.5 Å². The van der Waals surface area contributed by atoms with Crippen molar-refractivity contribution in [2.45, 2.75) is 0 Å². The molecule has 2 aromatic rings. The fourth-order valence-electron chi connectivity index (χ4n) is 1.01. The van der Waals surface area contributed by atoms with E-state index >= 15 is 0 Å². The van der Waals surface area contributed by atoms with Crippen LogP contribution >= 0.6 is 15.9 Å². The minimum absolute atomic E-state index is 0.0797. The summed E-state index contributed by atoms with van der Waals surface area (Å²) < 4.78 is 0.706. The average molecular weight is 296 g/mol. The van der Waals surface area contributed by atoms with Gasteiger partial charge in [0.05, 0.1) is 4.47 Å². The van der Waals surface area contributed by atoms with E-state index in [0.29, 0.717) is 4.47 Å². The van der Waals surface area contributed by atoms with Crippen molar-refractivity contribution in [3.63, 3.8) is 0 Å². The summed E-state index contributed by atoms with van der Waals surface area (Å²) in [7, 11) is 0. The lowest BCUT2D eigenvalue weighted by Gasteiger charge is -2.01. The minimum atomic E-state index is -0.497. The van der Waals surface area contributed by atoms with Crippen LogP contribution in [0.3, 0.4) is 0 Å². The summed E-state index contributed by atoms with van der Waals surface area (Å²) in [5.74, 6) is -0.338. The van der Waals surface area contributed by atoms with Gasteiger partial charge in [0.15, 0.2) is 0 Å². The van der Waals surface area contributed by atoms with Gasteiger partial charge in [0.1, 0.15) is 5.69 Å². The molecule has 0 saturated carbocycles. The summed E-state index contributed by atoms with van der Waals surface area (Å²) in [6.07, 6.45) is 3.01. The number of nitrogens with one attached hydrogen (secondary N) is 2. The fourth-order valence-corrected chi connectivity index (χ4v) is 1.22. The standard InChI is InChI=1S/C9H6BrN5O2/c10-5-3-11-9(12-4-5)13-8(17)6-1-2-7(16)15-14-6/h1-4H,(H,15,16)(H,11,12,13,17). The molecule has 0 aliphatic heterocycles. The number of aromatic nitrogens is 4. The molecule has 0 atom stereocenters. The monoisotopic (exact) mass is 295 g/mol. The Hall–Kier alpha value is -2.09. The number of carbonyl (C=O) groups excluding carboxylic acids is 1. The zero-order valence-corrected chi connectivity index (χ0v) is 9.93. The zero-order valence-electron chi connectivity index (χ0n) is 8.35. The van der Waals surface area contributed by atoms with E-state index in [-0.39, 0.29) is 17.2 Å². The summed E-state index contributed by atoms with van der Waals surface area (Å²) in [6, 6.07) is 2.53. The predicted molar refractivity (Wildman–Crippen MR) is 62.5 cm³/mol. The third kappa shape index (κ3) is 2.94. The highest BCUT2D eigenvalue weighted by Gasteiger charge is 2.08. The molecular weight excluding hydrogens is 290 g/mol. The van der Waals surface area contributed by atoms with Gasteiger partial charge in [-0.25, -0.2) is 15.1 Å². The van der Waals surface area contributed by atoms with Crippen molar-refractivity contribution in [2.75, 3.05) is 5.32 Å². The molecule has 0 aliphatic carbocycles. The normalized spacial score (nSPS) is 9.94. The highest BCUT2D eigenvalue weighted by atomic mass is 79.9. The van der Waals surface area contributed by atoms with Crippen molar-refractivity contribution in [3.8, 4) is 0 Å². The van der Waals surface area contributed by atoms with E-state index in [4.69, 9.17) is 0 Å². The molecular formula is C9H6BrN5O2. The van der Waals surface area contributed by atoms with Gasteiger partial charge < -0.3 is 0 Å². The Bertz CT molecular complexity index is 575. The SMILES string of the molecule is O=C(Nc1ncc(Br)cn1)c1ccc(=O)[nH]n1. The third-order valence-electron chi connectivity index (χ3n) is 1.76. The highest BCUT2D eigenvalue weighted by Crippen LogP contribution is 2.07. The van der Waals surface area contributed by atoms with Crippen molar-refractivity contribution in [1.82, 2.24) is 20.2 Å². The number of hydrogen-bond acceptors (Lipinski definition) is 5. The molecule has 1 amide bonds. The fraction of sp³-hybridized carbons (Fsp3) is 0. The molecule has 0 radical (unpaired) electrons. The number of amides is 1. The first-order chi connectivity index (χ1) is 8.15. The van der Waals surface area contributed by atoms with Gasteiger partial charge in [-0.15, -0.1) is 0 Å². The van der Waals surface area contributed by atoms with Crippen LogP contribution in [0.4, 0.5) is 5.95 Å². The smallest absolute Gasteiger partial charge is 0.278 e. The molecule has 0 saturated heterocycles. The molecule has 0 aromatic carbocycles. The lowest BCUT2D eigenvalue weighted by molar-refractivity contribution is 0.102. The van der Waals surface area contributed by atoms with Gasteiger partial charge >= 0.3 is 0 Å². The minimum Gasteiger partial charge on any atom is -0.289 e. The maximum Gasteiger partial charge on any atom is 0.278 e. The zero-order chi connectivity index (χ0) is 12.3. The summed E-state index contributed by atoms with van der Waals surface area (Å²) in [5.41, 5.74) is -0.294. The predicted octanol–water partition coefficient (Wildman–Crippen LogP) is 0.575. The Balaban J connectivity index is 2.14. The second-order valence-corrected chi connectivity index (χ2v) is 3.90. The van der Waals surface area contributed by atoms with Crippen LogP contribution in [0.15, 0.2) is 33.8 Å². The number of carbonyl (C=O) groups is 1. The number of hydrogen-bond donors (Lipinski definition) is 2. The first-order valence-corrected chi connectivity index (χ1v) is 5.29. The Morgan fingerprint density at radius 1 is 1.29 bits per heavy atom. The van der Waals surface area contributed by atoms with Gasteiger partial charge in [-0.3, -0.25) is 14.9 Å². The van der Waals surface area contributed by atoms with E-state index in [2.05, 4.69) is 41.4 Å². The van der Waals surface area contributed by atoms with E-state index in [9.17, 15) is 9.59 Å². The summed E-state index contributed by atoms with van der Waals surface area (Å²) in [4.78, 5) is 30.1. The van der Waals surface area contributed by atoms with Crippen LogP contribution in [-0.4, -0.2) is 26.1 Å². The molecule has 7 nitrogen and oxygen atoms in total. The molecule has 8 heteroatoms. The Kier molecular flexibility index (Phi) is 3.24. The van der Waals surface area contributed by atoms with Crippen LogP contribution in [0.5, 0.6) is 0 Å². The third-order valence-corrected chi connectivity index (χ3v) is 2.17. The van der Waals surface area contributed by atoms with Crippen molar-refractivity contribution < 1.29 is 4.79 Å². The first kappa shape index (κ1) is 11.4. The Morgan fingerprint density at radius 3 is 2.59 bits per heavy atom. The van der Waals surface area contributed by atoms with Crippen LogP contribution in [-0.2, 0) is 0 Å².